The molecule has 0 aliphatic carbocycles. The lowest BCUT2D eigenvalue weighted by atomic mass is 10.1. The molecular formula is C16H16N4. The molecule has 0 unspecified atom stereocenters. The van der Waals surface area contributed by atoms with Crippen LogP contribution in [0.15, 0.2) is 61.2 Å². The number of anilines is 1. The minimum absolute atomic E-state index is 0.777. The van der Waals surface area contributed by atoms with Crippen LogP contribution in [-0.4, -0.2) is 14.8 Å². The molecule has 0 radical (unpaired) electrons. The molecule has 3 rings (SSSR count). The lowest BCUT2D eigenvalue weighted by Crippen LogP contribution is -2.01. The Morgan fingerprint density at radius 3 is 2.45 bits per heavy atom. The van der Waals surface area contributed by atoms with E-state index in [0.29, 0.717) is 0 Å². The number of aromatic nitrogens is 3. The Labute approximate surface area is 117 Å². The van der Waals surface area contributed by atoms with Gasteiger partial charge in [0.05, 0.1) is 6.20 Å². The number of nitrogens with zero attached hydrogens (tertiary/aromatic N) is 3. The first-order chi connectivity index (χ1) is 9.81. The summed E-state index contributed by atoms with van der Waals surface area (Å²) in [6, 6.07) is 11.9. The highest BCUT2D eigenvalue weighted by Gasteiger charge is 2.02. The van der Waals surface area contributed by atoms with Gasteiger partial charge >= 0.3 is 0 Å². The smallest absolute Gasteiger partial charge is 0.0568 e. The quantitative estimate of drug-likeness (QED) is 0.737. The summed E-state index contributed by atoms with van der Waals surface area (Å²) in [6.45, 7) is 0.860. The highest BCUT2D eigenvalue weighted by atomic mass is 15.3. The fourth-order valence-corrected chi connectivity index (χ4v) is 2.10. The maximum atomic E-state index is 5.70. The monoisotopic (exact) mass is 264 g/mol. The summed E-state index contributed by atoms with van der Waals surface area (Å²) >= 11 is 0. The number of nitrogens with two attached hydrogens (primary N) is 1. The van der Waals surface area contributed by atoms with Gasteiger partial charge in [0.1, 0.15) is 0 Å². The molecule has 0 aliphatic rings. The Morgan fingerprint density at radius 1 is 0.950 bits per heavy atom. The van der Waals surface area contributed by atoms with Crippen LogP contribution in [0.25, 0.3) is 11.1 Å². The van der Waals surface area contributed by atoms with Crippen LogP contribution in [0.1, 0.15) is 5.56 Å². The molecule has 20 heavy (non-hydrogen) atoms. The molecule has 0 saturated heterocycles. The highest BCUT2D eigenvalue weighted by molar-refractivity contribution is 5.63. The minimum atomic E-state index is 0.777. The summed E-state index contributed by atoms with van der Waals surface area (Å²) in [7, 11) is 0. The molecule has 2 aromatic heterocycles. The number of hydrogen-bond acceptors (Lipinski definition) is 3. The molecule has 0 fully saturated rings. The molecule has 0 spiro atoms. The van der Waals surface area contributed by atoms with Crippen molar-refractivity contribution in [3.8, 4) is 11.1 Å². The Bertz CT molecular complexity index is 671. The lowest BCUT2D eigenvalue weighted by Gasteiger charge is -2.01. The molecule has 1 aromatic carbocycles. The Hall–Kier alpha value is -2.62. The molecule has 0 saturated carbocycles. The van der Waals surface area contributed by atoms with E-state index in [2.05, 4.69) is 16.3 Å². The molecule has 100 valence electrons. The minimum Gasteiger partial charge on any atom is -0.399 e. The predicted molar refractivity (Wildman–Crippen MR) is 80.0 cm³/mol. The van der Waals surface area contributed by atoms with Gasteiger partial charge in [0.15, 0.2) is 0 Å². The molecule has 2 N–H and O–H groups in total. The maximum absolute atomic E-state index is 5.70. The van der Waals surface area contributed by atoms with Crippen molar-refractivity contribution in [3.63, 3.8) is 0 Å². The number of pyridine rings is 1. The third-order valence-electron chi connectivity index (χ3n) is 3.26. The largest absolute Gasteiger partial charge is 0.399 e. The lowest BCUT2D eigenvalue weighted by molar-refractivity contribution is 0.615. The van der Waals surface area contributed by atoms with E-state index in [1.54, 1.807) is 0 Å². The number of benzene rings is 1. The first-order valence-electron chi connectivity index (χ1n) is 6.58. The van der Waals surface area contributed by atoms with Crippen LogP contribution in [0, 0.1) is 0 Å². The normalized spacial score (nSPS) is 10.6. The first kappa shape index (κ1) is 12.4. The van der Waals surface area contributed by atoms with Crippen LogP contribution in [0.2, 0.25) is 0 Å². The van der Waals surface area contributed by atoms with E-state index >= 15 is 0 Å². The van der Waals surface area contributed by atoms with E-state index in [1.807, 2.05) is 59.7 Å². The van der Waals surface area contributed by atoms with Crippen LogP contribution < -0.4 is 5.73 Å². The SMILES string of the molecule is Nc1ccc(-c2cnn(CCc3ccncc3)c2)cc1. The Balaban J connectivity index is 1.69. The van der Waals surface area contributed by atoms with Gasteiger partial charge in [-0.05, 0) is 41.8 Å². The third-order valence-corrected chi connectivity index (χ3v) is 3.26. The number of hydrogen-bond donors (Lipinski definition) is 1. The van der Waals surface area contributed by atoms with E-state index in [-0.39, 0.29) is 0 Å². The molecule has 4 nitrogen and oxygen atoms in total. The van der Waals surface area contributed by atoms with Crippen molar-refractivity contribution in [1.29, 1.82) is 0 Å². The van der Waals surface area contributed by atoms with Gasteiger partial charge in [-0.25, -0.2) is 0 Å². The Morgan fingerprint density at radius 2 is 1.70 bits per heavy atom. The summed E-state index contributed by atoms with van der Waals surface area (Å²) in [5, 5.41) is 4.40. The van der Waals surface area contributed by atoms with Crippen molar-refractivity contribution in [1.82, 2.24) is 14.8 Å². The van der Waals surface area contributed by atoms with E-state index in [4.69, 9.17) is 5.73 Å². The van der Waals surface area contributed by atoms with Crippen LogP contribution in [-0.2, 0) is 13.0 Å². The molecule has 0 aliphatic heterocycles. The van der Waals surface area contributed by atoms with Crippen LogP contribution >= 0.6 is 0 Å². The van der Waals surface area contributed by atoms with E-state index < -0.39 is 0 Å². The van der Waals surface area contributed by atoms with Gasteiger partial charge in [0.25, 0.3) is 0 Å². The van der Waals surface area contributed by atoms with Gasteiger partial charge < -0.3 is 5.73 Å². The van der Waals surface area contributed by atoms with Crippen LogP contribution in [0.3, 0.4) is 0 Å². The van der Waals surface area contributed by atoms with Gasteiger partial charge in [-0.2, -0.15) is 5.10 Å². The van der Waals surface area contributed by atoms with Crippen LogP contribution in [0.5, 0.6) is 0 Å². The molecule has 0 bridgehead atoms. The van der Waals surface area contributed by atoms with Crippen molar-refractivity contribution in [2.45, 2.75) is 13.0 Å². The second-order valence-corrected chi connectivity index (χ2v) is 4.72. The molecular weight excluding hydrogens is 248 g/mol. The molecule has 0 atom stereocenters. The van der Waals surface area contributed by atoms with Gasteiger partial charge in [-0.15, -0.1) is 0 Å². The summed E-state index contributed by atoms with van der Waals surface area (Å²) in [6.07, 6.45) is 8.53. The van der Waals surface area contributed by atoms with Crippen molar-refractivity contribution in [2.75, 3.05) is 5.73 Å². The summed E-state index contributed by atoms with van der Waals surface area (Å²) < 4.78 is 1.96. The third kappa shape index (κ3) is 2.85. The van der Waals surface area contributed by atoms with Gasteiger partial charge in [0.2, 0.25) is 0 Å². The molecule has 2 heterocycles. The van der Waals surface area contributed by atoms with Gasteiger partial charge in [-0.3, -0.25) is 9.67 Å². The van der Waals surface area contributed by atoms with E-state index in [0.717, 1.165) is 29.8 Å². The first-order valence-corrected chi connectivity index (χ1v) is 6.58. The fourth-order valence-electron chi connectivity index (χ4n) is 2.10. The molecule has 3 aromatic rings. The highest BCUT2D eigenvalue weighted by Crippen LogP contribution is 2.19. The predicted octanol–water partition coefficient (Wildman–Crippen LogP) is 2.77. The standard InChI is InChI=1S/C16H16N4/c17-16-3-1-14(2-4-16)15-11-19-20(12-15)10-7-13-5-8-18-9-6-13/h1-6,8-9,11-12H,7,10,17H2. The molecule has 0 amide bonds. The zero-order valence-electron chi connectivity index (χ0n) is 11.1. The number of nitrogen functional groups attached to an aromatic ring is 1. The second-order valence-electron chi connectivity index (χ2n) is 4.72. The van der Waals surface area contributed by atoms with Crippen molar-refractivity contribution < 1.29 is 0 Å². The van der Waals surface area contributed by atoms with Crippen molar-refractivity contribution >= 4 is 5.69 Å². The summed E-state index contributed by atoms with van der Waals surface area (Å²) in [5.41, 5.74) is 9.99. The number of aryl methyl sites for hydroxylation is 2. The summed E-state index contributed by atoms with van der Waals surface area (Å²) in [5.74, 6) is 0. The topological polar surface area (TPSA) is 56.7 Å². The van der Waals surface area contributed by atoms with E-state index in [1.165, 1.54) is 5.56 Å². The molecule has 4 heteroatoms. The van der Waals surface area contributed by atoms with Crippen LogP contribution in [0.4, 0.5) is 5.69 Å². The van der Waals surface area contributed by atoms with E-state index in [9.17, 15) is 0 Å². The van der Waals surface area contributed by atoms with Gasteiger partial charge in [-0.1, -0.05) is 12.1 Å². The average Bonchev–Trinajstić information content (AvgIpc) is 2.96. The Kier molecular flexibility index (Phi) is 3.46. The number of rotatable bonds is 4. The average molecular weight is 264 g/mol. The second kappa shape index (κ2) is 5.57. The van der Waals surface area contributed by atoms with Crippen molar-refractivity contribution in [3.05, 3.63) is 66.7 Å². The summed E-state index contributed by atoms with van der Waals surface area (Å²) in [4.78, 5) is 4.02. The zero-order valence-corrected chi connectivity index (χ0v) is 11.1. The fraction of sp³-hybridized carbons (Fsp3) is 0.125. The van der Waals surface area contributed by atoms with Gasteiger partial charge in [0, 0.05) is 36.4 Å². The van der Waals surface area contributed by atoms with Crippen molar-refractivity contribution in [2.24, 2.45) is 0 Å². The maximum Gasteiger partial charge on any atom is 0.0568 e. The zero-order chi connectivity index (χ0) is 13.8.